The third kappa shape index (κ3) is 7.85. The van der Waals surface area contributed by atoms with Crippen LogP contribution in [0.5, 0.6) is 5.75 Å². The van der Waals surface area contributed by atoms with Gasteiger partial charge in [-0.15, -0.1) is 0 Å². The maximum Gasteiger partial charge on any atom is 0.264 e. The molecule has 214 valence electrons. The number of benzene rings is 3. The molecule has 2 amide bonds. The lowest BCUT2D eigenvalue weighted by molar-refractivity contribution is -0.139. The maximum absolute atomic E-state index is 13.9. The lowest BCUT2D eigenvalue weighted by atomic mass is 10.1. The van der Waals surface area contributed by atoms with Crippen LogP contribution in [0.2, 0.25) is 0 Å². The number of ether oxygens (including phenoxy) is 1. The second kappa shape index (κ2) is 13.5. The van der Waals surface area contributed by atoms with E-state index in [1.54, 1.807) is 43.3 Å². The van der Waals surface area contributed by atoms with Gasteiger partial charge in [0.15, 0.2) is 0 Å². The molecule has 1 N–H and O–H groups in total. The second-order valence-electron chi connectivity index (χ2n) is 10.1. The first-order chi connectivity index (χ1) is 18.9. The predicted molar refractivity (Wildman–Crippen MR) is 158 cm³/mol. The molecule has 0 heterocycles. The molecule has 40 heavy (non-hydrogen) atoms. The van der Waals surface area contributed by atoms with Gasteiger partial charge >= 0.3 is 0 Å². The van der Waals surface area contributed by atoms with Gasteiger partial charge < -0.3 is 15.0 Å². The normalized spacial score (nSPS) is 12.1. The number of carbonyl (C=O) groups is 2. The van der Waals surface area contributed by atoms with Crippen molar-refractivity contribution in [3.63, 3.8) is 0 Å². The van der Waals surface area contributed by atoms with Gasteiger partial charge in [-0.25, -0.2) is 8.42 Å². The highest BCUT2D eigenvalue weighted by Crippen LogP contribution is 2.27. The van der Waals surface area contributed by atoms with Gasteiger partial charge in [0.2, 0.25) is 11.8 Å². The van der Waals surface area contributed by atoms with Crippen LogP contribution in [-0.2, 0) is 26.2 Å². The average molecular weight is 566 g/mol. The van der Waals surface area contributed by atoms with Gasteiger partial charge in [0.05, 0.1) is 17.2 Å². The van der Waals surface area contributed by atoms with Crippen molar-refractivity contribution in [3.05, 3.63) is 89.5 Å². The number of hydrogen-bond acceptors (Lipinski definition) is 5. The summed E-state index contributed by atoms with van der Waals surface area (Å²) in [6, 6.07) is 19.8. The average Bonchev–Trinajstić information content (AvgIpc) is 2.91. The molecule has 3 aromatic carbocycles. The number of nitrogens with one attached hydrogen (secondary N) is 1. The van der Waals surface area contributed by atoms with Crippen LogP contribution in [0, 0.1) is 13.8 Å². The van der Waals surface area contributed by atoms with Crippen molar-refractivity contribution in [2.75, 3.05) is 17.5 Å². The van der Waals surface area contributed by atoms with E-state index in [1.165, 1.54) is 17.0 Å². The summed E-state index contributed by atoms with van der Waals surface area (Å²) in [5.74, 6) is -0.230. The van der Waals surface area contributed by atoms with Gasteiger partial charge in [-0.05, 0) is 83.5 Å². The Balaban J connectivity index is 2.02. The van der Waals surface area contributed by atoms with Crippen LogP contribution in [-0.4, -0.2) is 50.4 Å². The van der Waals surface area contributed by atoms with E-state index in [-0.39, 0.29) is 23.4 Å². The number of aryl methyl sites for hydroxylation is 2. The minimum Gasteiger partial charge on any atom is -0.494 e. The Morgan fingerprint density at radius 1 is 0.850 bits per heavy atom. The molecule has 0 saturated carbocycles. The molecule has 3 aromatic rings. The smallest absolute Gasteiger partial charge is 0.264 e. The van der Waals surface area contributed by atoms with E-state index in [4.69, 9.17) is 4.74 Å². The first-order valence-electron chi connectivity index (χ1n) is 13.4. The molecular weight excluding hydrogens is 526 g/mol. The first kappa shape index (κ1) is 30.7. The van der Waals surface area contributed by atoms with Crippen LogP contribution in [0.25, 0.3) is 0 Å². The summed E-state index contributed by atoms with van der Waals surface area (Å²) in [6.07, 6.45) is 0. The van der Waals surface area contributed by atoms with Crippen LogP contribution in [0.15, 0.2) is 77.7 Å². The number of amides is 2. The van der Waals surface area contributed by atoms with E-state index in [1.807, 2.05) is 58.9 Å². The second-order valence-corrected chi connectivity index (χ2v) is 12.0. The Hall–Kier alpha value is -3.85. The molecule has 0 bridgehead atoms. The molecule has 9 heteroatoms. The van der Waals surface area contributed by atoms with Crippen molar-refractivity contribution in [1.82, 2.24) is 10.2 Å². The molecule has 0 spiro atoms. The quantitative estimate of drug-likeness (QED) is 0.339. The van der Waals surface area contributed by atoms with E-state index >= 15 is 0 Å². The van der Waals surface area contributed by atoms with Crippen LogP contribution in [0.1, 0.15) is 44.4 Å². The summed E-state index contributed by atoms with van der Waals surface area (Å²) in [5, 5.41) is 2.86. The molecule has 0 aromatic heterocycles. The minimum atomic E-state index is -4.12. The molecule has 0 aliphatic rings. The van der Waals surface area contributed by atoms with Gasteiger partial charge in [-0.3, -0.25) is 13.9 Å². The topological polar surface area (TPSA) is 96.0 Å². The summed E-state index contributed by atoms with van der Waals surface area (Å²) in [4.78, 5) is 28.4. The van der Waals surface area contributed by atoms with Gasteiger partial charge in [-0.1, -0.05) is 47.5 Å². The highest BCUT2D eigenvalue weighted by molar-refractivity contribution is 7.92. The van der Waals surface area contributed by atoms with Crippen LogP contribution < -0.4 is 14.4 Å². The molecule has 0 unspecified atom stereocenters. The van der Waals surface area contributed by atoms with Crippen molar-refractivity contribution >= 4 is 27.5 Å². The molecule has 0 aliphatic heterocycles. The summed E-state index contributed by atoms with van der Waals surface area (Å²) in [7, 11) is -4.12. The highest BCUT2D eigenvalue weighted by Gasteiger charge is 2.32. The molecule has 0 radical (unpaired) electrons. The fourth-order valence-electron chi connectivity index (χ4n) is 4.12. The Morgan fingerprint density at radius 2 is 1.40 bits per heavy atom. The lowest BCUT2D eigenvalue weighted by Crippen LogP contribution is -2.52. The molecule has 0 aliphatic carbocycles. The van der Waals surface area contributed by atoms with Gasteiger partial charge in [0.25, 0.3) is 10.0 Å². The van der Waals surface area contributed by atoms with E-state index in [2.05, 4.69) is 5.32 Å². The Kier molecular flexibility index (Phi) is 10.3. The number of rotatable bonds is 12. The number of anilines is 1. The lowest BCUT2D eigenvalue weighted by Gasteiger charge is -2.32. The molecule has 0 fully saturated rings. The zero-order valence-electron chi connectivity index (χ0n) is 24.0. The monoisotopic (exact) mass is 565 g/mol. The van der Waals surface area contributed by atoms with Gasteiger partial charge in [0.1, 0.15) is 18.3 Å². The molecule has 1 atom stereocenters. The largest absolute Gasteiger partial charge is 0.494 e. The summed E-state index contributed by atoms with van der Waals surface area (Å²) >= 11 is 0. The Bertz CT molecular complexity index is 1390. The zero-order chi connectivity index (χ0) is 29.4. The molecule has 3 rings (SSSR count). The summed E-state index contributed by atoms with van der Waals surface area (Å²) in [5.41, 5.74) is 3.12. The maximum atomic E-state index is 13.9. The Morgan fingerprint density at radius 3 is 1.93 bits per heavy atom. The van der Waals surface area contributed by atoms with Crippen molar-refractivity contribution in [2.45, 2.75) is 65.1 Å². The predicted octanol–water partition coefficient (Wildman–Crippen LogP) is 4.84. The SMILES string of the molecule is CCOc1ccc(N(CC(=O)N(Cc2ccc(C)cc2)[C@@H](C)C(=O)NC(C)C)S(=O)(=O)c2ccc(C)cc2)cc1. The molecular formula is C31H39N3O5S. The van der Waals surface area contributed by atoms with Crippen LogP contribution in [0.4, 0.5) is 5.69 Å². The van der Waals surface area contributed by atoms with Crippen molar-refractivity contribution < 1.29 is 22.7 Å². The number of nitrogens with zero attached hydrogens (tertiary/aromatic N) is 2. The third-order valence-corrected chi connectivity index (χ3v) is 8.18. The summed E-state index contributed by atoms with van der Waals surface area (Å²) in [6.45, 7) is 11.2. The first-order valence-corrected chi connectivity index (χ1v) is 14.8. The number of carbonyl (C=O) groups excluding carboxylic acids is 2. The van der Waals surface area contributed by atoms with Crippen LogP contribution >= 0.6 is 0 Å². The van der Waals surface area contributed by atoms with E-state index in [0.717, 1.165) is 21.0 Å². The zero-order valence-corrected chi connectivity index (χ0v) is 24.9. The number of hydrogen-bond donors (Lipinski definition) is 1. The fourth-order valence-corrected chi connectivity index (χ4v) is 5.53. The minimum absolute atomic E-state index is 0.0652. The summed E-state index contributed by atoms with van der Waals surface area (Å²) < 4.78 is 34.4. The van der Waals surface area contributed by atoms with E-state index < -0.39 is 28.5 Å². The van der Waals surface area contributed by atoms with Crippen molar-refractivity contribution in [1.29, 1.82) is 0 Å². The van der Waals surface area contributed by atoms with Gasteiger partial charge in [0, 0.05) is 12.6 Å². The Labute approximate surface area is 238 Å². The van der Waals surface area contributed by atoms with E-state index in [0.29, 0.717) is 18.0 Å². The third-order valence-electron chi connectivity index (χ3n) is 6.40. The highest BCUT2D eigenvalue weighted by atomic mass is 32.2. The molecule has 0 saturated heterocycles. The van der Waals surface area contributed by atoms with Crippen molar-refractivity contribution in [2.24, 2.45) is 0 Å². The van der Waals surface area contributed by atoms with Crippen LogP contribution in [0.3, 0.4) is 0 Å². The van der Waals surface area contributed by atoms with Gasteiger partial charge in [-0.2, -0.15) is 0 Å². The number of sulfonamides is 1. The van der Waals surface area contributed by atoms with E-state index in [9.17, 15) is 18.0 Å². The molecule has 8 nitrogen and oxygen atoms in total. The fraction of sp³-hybridized carbons (Fsp3) is 0.355. The van der Waals surface area contributed by atoms with Crippen molar-refractivity contribution in [3.8, 4) is 5.75 Å². The standard InChI is InChI=1S/C31H39N3O5S/c1-7-39-28-16-14-27(15-17-28)34(40(37,38)29-18-10-24(5)11-19-29)21-30(35)33(25(6)31(36)32-22(2)3)20-26-12-8-23(4)9-13-26/h8-19,22,25H,7,20-21H2,1-6H3,(H,32,36)/t25-/m0/s1.